The molecule has 0 saturated carbocycles. The molecule has 5 heteroatoms. The van der Waals surface area contributed by atoms with Gasteiger partial charge in [-0.1, -0.05) is 0 Å². The average Bonchev–Trinajstić information content (AvgIpc) is 2.46. The van der Waals surface area contributed by atoms with Crippen LogP contribution in [0.3, 0.4) is 0 Å². The van der Waals surface area contributed by atoms with Gasteiger partial charge in [-0.2, -0.15) is 0 Å². The van der Waals surface area contributed by atoms with Crippen LogP contribution >= 0.6 is 0 Å². The van der Waals surface area contributed by atoms with Crippen LogP contribution in [0, 0.1) is 17.6 Å². The third-order valence-corrected chi connectivity index (χ3v) is 4.45. The fourth-order valence-electron chi connectivity index (χ4n) is 2.98. The van der Waals surface area contributed by atoms with Crippen LogP contribution in [0.1, 0.15) is 44.7 Å². The summed E-state index contributed by atoms with van der Waals surface area (Å²) in [6.07, 6.45) is 3.09. The average molecular weight is 310 g/mol. The molecule has 1 saturated heterocycles. The number of rotatable bonds is 5. The van der Waals surface area contributed by atoms with Crippen molar-refractivity contribution < 1.29 is 13.6 Å². The van der Waals surface area contributed by atoms with Gasteiger partial charge in [0.15, 0.2) is 0 Å². The number of amides is 1. The maximum Gasteiger partial charge on any atom is 0.219 e. The number of carbonyl (C=O) groups excluding carboxylic acids is 1. The van der Waals surface area contributed by atoms with E-state index < -0.39 is 11.6 Å². The van der Waals surface area contributed by atoms with Gasteiger partial charge in [-0.25, -0.2) is 8.78 Å². The third kappa shape index (κ3) is 4.77. The Morgan fingerprint density at radius 3 is 2.41 bits per heavy atom. The molecule has 1 atom stereocenters. The fourth-order valence-corrected chi connectivity index (χ4v) is 2.98. The molecule has 1 aromatic rings. The largest absolute Gasteiger partial charge is 0.343 e. The summed E-state index contributed by atoms with van der Waals surface area (Å²) in [6, 6.07) is 3.54. The predicted octanol–water partition coefficient (Wildman–Crippen LogP) is 3.26. The van der Waals surface area contributed by atoms with E-state index in [0.717, 1.165) is 45.0 Å². The van der Waals surface area contributed by atoms with Crippen LogP contribution in [0.4, 0.5) is 8.78 Å². The first-order valence-corrected chi connectivity index (χ1v) is 7.90. The van der Waals surface area contributed by atoms with Crippen LogP contribution in [0.15, 0.2) is 18.2 Å². The lowest BCUT2D eigenvalue weighted by Gasteiger charge is -2.31. The van der Waals surface area contributed by atoms with Crippen LogP contribution in [0.5, 0.6) is 0 Å². The Bertz CT molecular complexity index is 493. The van der Waals surface area contributed by atoms with E-state index in [1.807, 2.05) is 11.8 Å². The Kier molecular flexibility index (Phi) is 5.89. The molecule has 1 aliphatic rings. The molecule has 3 nitrogen and oxygen atoms in total. The van der Waals surface area contributed by atoms with Crippen LogP contribution in [0.25, 0.3) is 0 Å². The molecule has 1 unspecified atom stereocenters. The highest BCUT2D eigenvalue weighted by Crippen LogP contribution is 2.21. The molecule has 0 radical (unpaired) electrons. The zero-order valence-corrected chi connectivity index (χ0v) is 13.2. The Morgan fingerprint density at radius 1 is 1.27 bits per heavy atom. The molecular weight excluding hydrogens is 286 g/mol. The smallest absolute Gasteiger partial charge is 0.219 e. The van der Waals surface area contributed by atoms with E-state index in [-0.39, 0.29) is 11.9 Å². The zero-order valence-electron chi connectivity index (χ0n) is 13.2. The molecule has 0 spiro atoms. The lowest BCUT2D eigenvalue weighted by atomic mass is 9.93. The van der Waals surface area contributed by atoms with Gasteiger partial charge in [-0.3, -0.25) is 4.79 Å². The molecule has 1 N–H and O–H groups in total. The summed E-state index contributed by atoms with van der Waals surface area (Å²) >= 11 is 0. The number of nitrogens with zero attached hydrogens (tertiary/aromatic N) is 1. The van der Waals surface area contributed by atoms with Gasteiger partial charge in [0.05, 0.1) is 0 Å². The van der Waals surface area contributed by atoms with Crippen molar-refractivity contribution in [3.05, 3.63) is 35.4 Å². The van der Waals surface area contributed by atoms with Crippen molar-refractivity contribution in [2.24, 2.45) is 5.92 Å². The van der Waals surface area contributed by atoms with E-state index in [9.17, 15) is 13.6 Å². The molecule has 1 aliphatic heterocycles. The second-order valence-corrected chi connectivity index (χ2v) is 6.12. The minimum atomic E-state index is -0.541. The molecule has 2 rings (SSSR count). The second kappa shape index (κ2) is 7.68. The number of piperidine rings is 1. The normalized spacial score (nSPS) is 17.5. The molecule has 1 heterocycles. The van der Waals surface area contributed by atoms with E-state index in [2.05, 4.69) is 5.32 Å². The number of benzene rings is 1. The third-order valence-electron chi connectivity index (χ3n) is 4.45. The number of hydrogen-bond donors (Lipinski definition) is 1. The Labute approximate surface area is 130 Å². The van der Waals surface area contributed by atoms with Crippen molar-refractivity contribution in [3.63, 3.8) is 0 Å². The first-order chi connectivity index (χ1) is 10.5. The zero-order chi connectivity index (χ0) is 16.1. The van der Waals surface area contributed by atoms with Gasteiger partial charge in [-0.15, -0.1) is 0 Å². The maximum atomic E-state index is 13.2. The molecule has 0 aromatic heterocycles. The van der Waals surface area contributed by atoms with Crippen LogP contribution in [0.2, 0.25) is 0 Å². The lowest BCUT2D eigenvalue weighted by Crippen LogP contribution is -2.37. The number of carbonyl (C=O) groups is 1. The minimum Gasteiger partial charge on any atom is -0.343 e. The number of halogens is 2. The lowest BCUT2D eigenvalue weighted by molar-refractivity contribution is -0.130. The number of likely N-dealkylation sites (tertiary alicyclic amines) is 1. The molecule has 0 aliphatic carbocycles. The van der Waals surface area contributed by atoms with Crippen LogP contribution in [-0.4, -0.2) is 30.4 Å². The standard InChI is InChI=1S/C17H24F2N2O/c1-12(15-9-16(18)11-17(19)10-15)20-6-3-14-4-7-21(8-5-14)13(2)22/h9-12,14,20H,3-8H2,1-2H3. The second-order valence-electron chi connectivity index (χ2n) is 6.12. The number of hydrogen-bond acceptors (Lipinski definition) is 2. The molecule has 122 valence electrons. The highest BCUT2D eigenvalue weighted by Gasteiger charge is 2.20. The Balaban J connectivity index is 1.73. The summed E-state index contributed by atoms with van der Waals surface area (Å²) in [7, 11) is 0. The van der Waals surface area contributed by atoms with Crippen molar-refractivity contribution in [2.45, 2.75) is 39.2 Å². The van der Waals surface area contributed by atoms with Crippen molar-refractivity contribution in [3.8, 4) is 0 Å². The Morgan fingerprint density at radius 2 is 1.86 bits per heavy atom. The fraction of sp³-hybridized carbons (Fsp3) is 0.588. The summed E-state index contributed by atoms with van der Waals surface area (Å²) in [5.74, 6) is -0.321. The van der Waals surface area contributed by atoms with E-state index >= 15 is 0 Å². The van der Waals surface area contributed by atoms with Gasteiger partial charge in [0, 0.05) is 32.1 Å². The first-order valence-electron chi connectivity index (χ1n) is 7.90. The van der Waals surface area contributed by atoms with Gasteiger partial charge >= 0.3 is 0 Å². The molecule has 22 heavy (non-hydrogen) atoms. The molecule has 1 amide bonds. The van der Waals surface area contributed by atoms with Crippen LogP contribution in [-0.2, 0) is 4.79 Å². The first kappa shape index (κ1) is 16.9. The van der Waals surface area contributed by atoms with Gasteiger partial charge in [0.25, 0.3) is 0 Å². The molecule has 1 fully saturated rings. The van der Waals surface area contributed by atoms with Gasteiger partial charge in [0.1, 0.15) is 11.6 Å². The van der Waals surface area contributed by atoms with Gasteiger partial charge in [0.2, 0.25) is 5.91 Å². The van der Waals surface area contributed by atoms with E-state index in [4.69, 9.17) is 0 Å². The summed E-state index contributed by atoms with van der Waals surface area (Å²) < 4.78 is 26.4. The van der Waals surface area contributed by atoms with E-state index in [0.29, 0.717) is 11.5 Å². The SMILES string of the molecule is CC(=O)N1CCC(CCNC(C)c2cc(F)cc(F)c2)CC1. The van der Waals surface area contributed by atoms with Gasteiger partial charge < -0.3 is 10.2 Å². The molecule has 1 aromatic carbocycles. The van der Waals surface area contributed by atoms with Crippen molar-refractivity contribution in [1.29, 1.82) is 0 Å². The summed E-state index contributed by atoms with van der Waals surface area (Å²) in [5, 5.41) is 3.32. The monoisotopic (exact) mass is 310 g/mol. The quantitative estimate of drug-likeness (QED) is 0.905. The maximum absolute atomic E-state index is 13.2. The summed E-state index contributed by atoms with van der Waals surface area (Å²) in [4.78, 5) is 13.2. The highest BCUT2D eigenvalue weighted by atomic mass is 19.1. The number of nitrogens with one attached hydrogen (secondary N) is 1. The molecular formula is C17H24F2N2O. The Hall–Kier alpha value is -1.49. The van der Waals surface area contributed by atoms with E-state index in [1.54, 1.807) is 6.92 Å². The van der Waals surface area contributed by atoms with Gasteiger partial charge in [-0.05, 0) is 56.3 Å². The summed E-state index contributed by atoms with van der Waals surface area (Å²) in [6.45, 7) is 6.01. The predicted molar refractivity (Wildman–Crippen MR) is 82.4 cm³/mol. The summed E-state index contributed by atoms with van der Waals surface area (Å²) in [5.41, 5.74) is 0.629. The highest BCUT2D eigenvalue weighted by molar-refractivity contribution is 5.73. The van der Waals surface area contributed by atoms with Crippen LogP contribution < -0.4 is 5.32 Å². The van der Waals surface area contributed by atoms with Crippen molar-refractivity contribution >= 4 is 5.91 Å². The molecule has 0 bridgehead atoms. The van der Waals surface area contributed by atoms with Crippen molar-refractivity contribution in [2.75, 3.05) is 19.6 Å². The topological polar surface area (TPSA) is 32.3 Å². The van der Waals surface area contributed by atoms with Crippen molar-refractivity contribution in [1.82, 2.24) is 10.2 Å². The van der Waals surface area contributed by atoms with E-state index in [1.165, 1.54) is 12.1 Å². The minimum absolute atomic E-state index is 0.0810.